The van der Waals surface area contributed by atoms with Gasteiger partial charge in [-0.2, -0.15) is 4.31 Å². The highest BCUT2D eigenvalue weighted by Crippen LogP contribution is 2.30. The third-order valence-corrected chi connectivity index (χ3v) is 8.56. The molecule has 2 unspecified atom stereocenters. The first kappa shape index (κ1) is 23.5. The first-order valence-electron chi connectivity index (χ1n) is 10.7. The molecule has 1 aromatic rings. The molecular weight excluding hydrogens is 417 g/mol. The summed E-state index contributed by atoms with van der Waals surface area (Å²) in [7, 11) is -3.66. The third-order valence-electron chi connectivity index (χ3n) is 6.31. The molecule has 0 radical (unpaired) electrons. The lowest BCUT2D eigenvalue weighted by Gasteiger charge is -2.35. The van der Waals surface area contributed by atoms with Crippen molar-refractivity contribution in [3.8, 4) is 0 Å². The van der Waals surface area contributed by atoms with Crippen molar-refractivity contribution in [3.63, 3.8) is 0 Å². The summed E-state index contributed by atoms with van der Waals surface area (Å²) in [6.45, 7) is 14.0. The van der Waals surface area contributed by atoms with Crippen LogP contribution in [0.4, 0.5) is 10.1 Å². The van der Waals surface area contributed by atoms with Gasteiger partial charge >= 0.3 is 0 Å². The summed E-state index contributed by atoms with van der Waals surface area (Å²) in [6, 6.07) is 4.97. The molecule has 3 rings (SSSR count). The number of piperazine rings is 1. The molecule has 6 nitrogen and oxygen atoms in total. The zero-order valence-corrected chi connectivity index (χ0v) is 19.2. The topological polar surface area (TPSA) is 60.9 Å². The molecule has 2 saturated heterocycles. The standard InChI is InChI=1S/C23H32FN3O3S/c1-5-18(3)23-9-6-17(2)15-27(31(23,29)30)16-20-7-8-21(14-22(20)24)26-12-10-25(11-13-26)19(4)28/h5,7-8,14,17,23H,1,3,6,9-13,15-16H2,2,4H3. The van der Waals surface area contributed by atoms with Gasteiger partial charge in [-0.3, -0.25) is 4.79 Å². The van der Waals surface area contributed by atoms with E-state index >= 15 is 0 Å². The molecule has 1 amide bonds. The van der Waals surface area contributed by atoms with Crippen molar-refractivity contribution in [2.75, 3.05) is 37.6 Å². The van der Waals surface area contributed by atoms with Crippen molar-refractivity contribution in [3.05, 3.63) is 54.4 Å². The lowest BCUT2D eigenvalue weighted by molar-refractivity contribution is -0.129. The molecule has 2 atom stereocenters. The molecule has 0 aliphatic carbocycles. The zero-order chi connectivity index (χ0) is 22.8. The van der Waals surface area contributed by atoms with E-state index in [-0.39, 0.29) is 18.4 Å². The maximum Gasteiger partial charge on any atom is 0.221 e. The van der Waals surface area contributed by atoms with Crippen LogP contribution in [-0.4, -0.2) is 61.5 Å². The molecule has 2 fully saturated rings. The van der Waals surface area contributed by atoms with Crippen LogP contribution in [0.3, 0.4) is 0 Å². The second kappa shape index (κ2) is 9.53. The molecule has 31 heavy (non-hydrogen) atoms. The maximum absolute atomic E-state index is 15.0. The first-order valence-corrected chi connectivity index (χ1v) is 12.2. The molecule has 0 saturated carbocycles. The number of sulfonamides is 1. The van der Waals surface area contributed by atoms with E-state index in [1.165, 1.54) is 16.4 Å². The van der Waals surface area contributed by atoms with Crippen molar-refractivity contribution in [2.45, 2.75) is 38.5 Å². The predicted octanol–water partition coefficient (Wildman–Crippen LogP) is 3.17. The summed E-state index contributed by atoms with van der Waals surface area (Å²) in [6.07, 6.45) is 2.76. The number of benzene rings is 1. The van der Waals surface area contributed by atoms with Gasteiger partial charge in [0.1, 0.15) is 5.82 Å². The van der Waals surface area contributed by atoms with Crippen LogP contribution < -0.4 is 4.90 Å². The summed E-state index contributed by atoms with van der Waals surface area (Å²) in [4.78, 5) is 15.3. The number of allylic oxidation sites excluding steroid dienone is 1. The van der Waals surface area contributed by atoms with Crippen LogP contribution in [0.1, 0.15) is 32.3 Å². The second-order valence-electron chi connectivity index (χ2n) is 8.56. The van der Waals surface area contributed by atoms with E-state index in [0.29, 0.717) is 50.3 Å². The Labute approximate surface area is 185 Å². The SMILES string of the molecule is C=CC(=C)C1CCC(C)CN(Cc2ccc(N3CCN(C(C)=O)CC3)cc2F)S1(=O)=O. The molecule has 170 valence electrons. The van der Waals surface area contributed by atoms with E-state index in [0.717, 1.165) is 12.1 Å². The number of carbonyl (C=O) groups is 1. The molecular formula is C23H32FN3O3S. The minimum absolute atomic E-state index is 0.00216. The zero-order valence-electron chi connectivity index (χ0n) is 18.4. The Hall–Kier alpha value is -2.19. The van der Waals surface area contributed by atoms with Crippen molar-refractivity contribution in [1.82, 2.24) is 9.21 Å². The summed E-state index contributed by atoms with van der Waals surface area (Å²) in [5, 5.41) is -0.713. The Morgan fingerprint density at radius 1 is 1.23 bits per heavy atom. The van der Waals surface area contributed by atoms with Gasteiger partial charge in [0.25, 0.3) is 0 Å². The molecule has 2 aliphatic heterocycles. The van der Waals surface area contributed by atoms with Gasteiger partial charge < -0.3 is 9.80 Å². The van der Waals surface area contributed by atoms with Gasteiger partial charge in [0.2, 0.25) is 15.9 Å². The second-order valence-corrected chi connectivity index (χ2v) is 10.7. The first-order chi connectivity index (χ1) is 14.6. The summed E-state index contributed by atoms with van der Waals surface area (Å²) in [5.74, 6) is -0.193. The highest BCUT2D eigenvalue weighted by molar-refractivity contribution is 7.89. The van der Waals surface area contributed by atoms with Gasteiger partial charge in [-0.1, -0.05) is 32.2 Å². The fraction of sp³-hybridized carbons (Fsp3) is 0.522. The number of hydrogen-bond acceptors (Lipinski definition) is 4. The smallest absolute Gasteiger partial charge is 0.221 e. The van der Waals surface area contributed by atoms with Gasteiger partial charge in [-0.25, -0.2) is 12.8 Å². The Morgan fingerprint density at radius 2 is 1.90 bits per heavy atom. The van der Waals surface area contributed by atoms with E-state index in [2.05, 4.69) is 13.2 Å². The van der Waals surface area contributed by atoms with Crippen molar-refractivity contribution in [1.29, 1.82) is 0 Å². The highest BCUT2D eigenvalue weighted by Gasteiger charge is 2.37. The Bertz CT molecular complexity index is 955. The highest BCUT2D eigenvalue weighted by atomic mass is 32.2. The lowest BCUT2D eigenvalue weighted by Crippen LogP contribution is -2.48. The molecule has 0 N–H and O–H groups in total. The molecule has 2 aliphatic rings. The van der Waals surface area contributed by atoms with Gasteiger partial charge in [-0.15, -0.1) is 0 Å². The molecule has 0 aromatic heterocycles. The van der Waals surface area contributed by atoms with Crippen molar-refractivity contribution in [2.24, 2.45) is 5.92 Å². The molecule has 0 spiro atoms. The van der Waals surface area contributed by atoms with E-state index in [4.69, 9.17) is 0 Å². The third kappa shape index (κ3) is 5.18. The van der Waals surface area contributed by atoms with Gasteiger partial charge in [0.05, 0.1) is 5.25 Å². The number of nitrogens with zero attached hydrogens (tertiary/aromatic N) is 3. The minimum atomic E-state index is -3.66. The van der Waals surface area contributed by atoms with Crippen LogP contribution in [0.15, 0.2) is 43.0 Å². The van der Waals surface area contributed by atoms with Gasteiger partial charge in [0, 0.05) is 57.4 Å². The minimum Gasteiger partial charge on any atom is -0.368 e. The van der Waals surface area contributed by atoms with Crippen LogP contribution in [0.25, 0.3) is 0 Å². The van der Waals surface area contributed by atoms with Crippen LogP contribution in [0, 0.1) is 11.7 Å². The quantitative estimate of drug-likeness (QED) is 0.648. The normalized spacial score (nSPS) is 24.5. The number of hydrogen-bond donors (Lipinski definition) is 0. The van der Waals surface area contributed by atoms with E-state index in [1.54, 1.807) is 17.9 Å². The maximum atomic E-state index is 15.0. The number of amides is 1. The van der Waals surface area contributed by atoms with Crippen molar-refractivity contribution < 1.29 is 17.6 Å². The van der Waals surface area contributed by atoms with Crippen LogP contribution in [0.5, 0.6) is 0 Å². The Morgan fingerprint density at radius 3 is 2.48 bits per heavy atom. The predicted molar refractivity (Wildman–Crippen MR) is 122 cm³/mol. The summed E-state index contributed by atoms with van der Waals surface area (Å²) < 4.78 is 42.9. The monoisotopic (exact) mass is 449 g/mol. The fourth-order valence-corrected chi connectivity index (χ4v) is 6.35. The van der Waals surface area contributed by atoms with E-state index < -0.39 is 21.1 Å². The fourth-order valence-electron chi connectivity index (χ4n) is 4.30. The van der Waals surface area contributed by atoms with Crippen LogP contribution >= 0.6 is 0 Å². The summed E-state index contributed by atoms with van der Waals surface area (Å²) in [5.41, 5.74) is 1.58. The molecule has 2 heterocycles. The average molecular weight is 450 g/mol. The largest absolute Gasteiger partial charge is 0.368 e. The van der Waals surface area contributed by atoms with Gasteiger partial charge in [-0.05, 0) is 36.5 Å². The lowest BCUT2D eigenvalue weighted by atomic mass is 10.0. The number of rotatable bonds is 5. The molecule has 1 aromatic carbocycles. The van der Waals surface area contributed by atoms with Gasteiger partial charge in [0.15, 0.2) is 0 Å². The Kier molecular flexibility index (Phi) is 7.21. The average Bonchev–Trinajstić information content (AvgIpc) is 2.84. The Balaban J connectivity index is 1.78. The van der Waals surface area contributed by atoms with E-state index in [9.17, 15) is 17.6 Å². The molecule has 0 bridgehead atoms. The van der Waals surface area contributed by atoms with Crippen molar-refractivity contribution >= 4 is 21.6 Å². The van der Waals surface area contributed by atoms with E-state index in [1.807, 2.05) is 17.9 Å². The summed E-state index contributed by atoms with van der Waals surface area (Å²) >= 11 is 0. The van der Waals surface area contributed by atoms with Crippen LogP contribution in [-0.2, 0) is 21.4 Å². The number of carbonyl (C=O) groups excluding carboxylic acids is 1. The number of halogens is 1. The molecule has 8 heteroatoms. The van der Waals surface area contributed by atoms with Crippen LogP contribution in [0.2, 0.25) is 0 Å². The number of anilines is 1.